The molecule has 2 aliphatic rings. The van der Waals surface area contributed by atoms with Gasteiger partial charge in [0.15, 0.2) is 0 Å². The van der Waals surface area contributed by atoms with Gasteiger partial charge in [-0.1, -0.05) is 22.0 Å². The van der Waals surface area contributed by atoms with Crippen molar-refractivity contribution < 1.29 is 9.53 Å². The topological polar surface area (TPSA) is 45.7 Å². The summed E-state index contributed by atoms with van der Waals surface area (Å²) in [6, 6.07) is 11.5. The molecule has 2 fully saturated rings. The van der Waals surface area contributed by atoms with Gasteiger partial charge in [0.1, 0.15) is 17.7 Å². The molecule has 0 saturated carbocycles. The number of halogens is 1. The third-order valence-electron chi connectivity index (χ3n) is 4.74. The van der Waals surface area contributed by atoms with Gasteiger partial charge in [-0.25, -0.2) is 4.98 Å². The zero-order valence-electron chi connectivity index (χ0n) is 13.4. The average Bonchev–Trinajstić information content (AvgIpc) is 3.18. The zero-order valence-corrected chi connectivity index (χ0v) is 14.9. The lowest BCUT2D eigenvalue weighted by atomic mass is 10.1. The lowest BCUT2D eigenvalue weighted by Crippen LogP contribution is -2.33. The lowest BCUT2D eigenvalue weighted by molar-refractivity contribution is -0.119. The standard InChI is InChI=1S/C18H18BrN3O2/c1-24-15-8-7-12(19)11-13(15)17-21-10-4-5-14(21)18(23)22(17)16-6-2-3-9-20-16/h2-3,6-9,11,14,17H,4-5,10H2,1H3. The number of hydrogen-bond donors (Lipinski definition) is 0. The molecular weight excluding hydrogens is 370 g/mol. The van der Waals surface area contributed by atoms with Gasteiger partial charge in [0, 0.05) is 22.8 Å². The molecule has 2 aliphatic heterocycles. The van der Waals surface area contributed by atoms with Crippen LogP contribution in [0.4, 0.5) is 5.82 Å². The molecule has 2 aromatic rings. The minimum absolute atomic E-state index is 0.0688. The number of rotatable bonds is 3. The van der Waals surface area contributed by atoms with E-state index < -0.39 is 0 Å². The molecule has 2 atom stereocenters. The Morgan fingerprint density at radius 2 is 2.17 bits per heavy atom. The normalized spacial score (nSPS) is 23.6. The highest BCUT2D eigenvalue weighted by atomic mass is 79.9. The minimum Gasteiger partial charge on any atom is -0.496 e. The smallest absolute Gasteiger partial charge is 0.247 e. The van der Waals surface area contributed by atoms with Crippen molar-refractivity contribution in [3.63, 3.8) is 0 Å². The van der Waals surface area contributed by atoms with E-state index in [9.17, 15) is 4.79 Å². The fraction of sp³-hybridized carbons (Fsp3) is 0.333. The molecule has 1 amide bonds. The molecule has 0 radical (unpaired) electrons. The van der Waals surface area contributed by atoms with Gasteiger partial charge in [-0.3, -0.25) is 14.6 Å². The third kappa shape index (κ3) is 2.41. The SMILES string of the molecule is COc1ccc(Br)cc1C1N(c2ccccn2)C(=O)C2CCCN21. The summed E-state index contributed by atoms with van der Waals surface area (Å²) in [5, 5.41) is 0. The van der Waals surface area contributed by atoms with Crippen LogP contribution in [0.15, 0.2) is 47.1 Å². The van der Waals surface area contributed by atoms with Crippen molar-refractivity contribution in [1.29, 1.82) is 0 Å². The summed E-state index contributed by atoms with van der Waals surface area (Å²) < 4.78 is 6.54. The average molecular weight is 388 g/mol. The number of methoxy groups -OCH3 is 1. The largest absolute Gasteiger partial charge is 0.496 e. The van der Waals surface area contributed by atoms with Gasteiger partial charge in [-0.2, -0.15) is 0 Å². The monoisotopic (exact) mass is 387 g/mol. The molecule has 24 heavy (non-hydrogen) atoms. The van der Waals surface area contributed by atoms with Crippen LogP contribution in [0.5, 0.6) is 5.75 Å². The van der Waals surface area contributed by atoms with E-state index in [1.807, 2.05) is 41.3 Å². The molecule has 0 spiro atoms. The number of nitrogens with zero attached hydrogens (tertiary/aromatic N) is 3. The van der Waals surface area contributed by atoms with Crippen molar-refractivity contribution in [3.8, 4) is 5.75 Å². The van der Waals surface area contributed by atoms with Gasteiger partial charge in [0.05, 0.1) is 13.2 Å². The molecule has 3 heterocycles. The van der Waals surface area contributed by atoms with Crippen LogP contribution < -0.4 is 9.64 Å². The molecule has 2 unspecified atom stereocenters. The van der Waals surface area contributed by atoms with Crippen LogP contribution in [-0.4, -0.2) is 35.5 Å². The van der Waals surface area contributed by atoms with Crippen molar-refractivity contribution >= 4 is 27.7 Å². The Morgan fingerprint density at radius 1 is 1.29 bits per heavy atom. The summed E-state index contributed by atoms with van der Waals surface area (Å²) in [5.41, 5.74) is 0.982. The summed E-state index contributed by atoms with van der Waals surface area (Å²) in [4.78, 5) is 21.5. The van der Waals surface area contributed by atoms with Gasteiger partial charge < -0.3 is 4.74 Å². The van der Waals surface area contributed by atoms with Gasteiger partial charge >= 0.3 is 0 Å². The Morgan fingerprint density at radius 3 is 2.92 bits per heavy atom. The van der Waals surface area contributed by atoms with E-state index in [2.05, 4.69) is 25.8 Å². The van der Waals surface area contributed by atoms with E-state index in [0.29, 0.717) is 5.82 Å². The minimum atomic E-state index is -0.188. The van der Waals surface area contributed by atoms with Crippen LogP contribution in [0.2, 0.25) is 0 Å². The predicted molar refractivity (Wildman–Crippen MR) is 94.9 cm³/mol. The molecule has 124 valence electrons. The van der Waals surface area contributed by atoms with Crippen LogP contribution in [0, 0.1) is 0 Å². The van der Waals surface area contributed by atoms with Gasteiger partial charge in [-0.05, 0) is 43.2 Å². The fourth-order valence-corrected chi connectivity index (χ4v) is 4.11. The highest BCUT2D eigenvalue weighted by Crippen LogP contribution is 2.44. The van der Waals surface area contributed by atoms with Crippen LogP contribution in [0.3, 0.4) is 0 Å². The number of hydrogen-bond acceptors (Lipinski definition) is 4. The lowest BCUT2D eigenvalue weighted by Gasteiger charge is -2.30. The Bertz CT molecular complexity index is 768. The number of fused-ring (bicyclic) bond motifs is 1. The molecule has 0 aliphatic carbocycles. The second kappa shape index (κ2) is 6.18. The first kappa shape index (κ1) is 15.6. The second-order valence-electron chi connectivity index (χ2n) is 6.05. The predicted octanol–water partition coefficient (Wildman–Crippen LogP) is 3.36. The number of benzene rings is 1. The van der Waals surface area contributed by atoms with Crippen LogP contribution >= 0.6 is 15.9 Å². The van der Waals surface area contributed by atoms with Gasteiger partial charge in [0.25, 0.3) is 0 Å². The molecular formula is C18H18BrN3O2. The summed E-state index contributed by atoms with van der Waals surface area (Å²) >= 11 is 3.54. The van der Waals surface area contributed by atoms with E-state index in [1.54, 1.807) is 13.3 Å². The number of amides is 1. The van der Waals surface area contributed by atoms with Crippen molar-refractivity contribution in [3.05, 3.63) is 52.6 Å². The second-order valence-corrected chi connectivity index (χ2v) is 6.97. The highest BCUT2D eigenvalue weighted by Gasteiger charge is 2.50. The molecule has 4 rings (SSSR count). The zero-order chi connectivity index (χ0) is 16.7. The summed E-state index contributed by atoms with van der Waals surface area (Å²) in [5.74, 6) is 1.59. The Hall–Kier alpha value is -1.92. The van der Waals surface area contributed by atoms with Crippen LogP contribution in [0.1, 0.15) is 24.6 Å². The quantitative estimate of drug-likeness (QED) is 0.809. The van der Waals surface area contributed by atoms with E-state index in [4.69, 9.17) is 4.74 Å². The van der Waals surface area contributed by atoms with Crippen molar-refractivity contribution in [2.24, 2.45) is 0 Å². The molecule has 0 bridgehead atoms. The maximum Gasteiger partial charge on any atom is 0.247 e. The fourth-order valence-electron chi connectivity index (χ4n) is 3.74. The Balaban J connectivity index is 1.86. The van der Waals surface area contributed by atoms with Crippen LogP contribution in [-0.2, 0) is 4.79 Å². The van der Waals surface area contributed by atoms with E-state index in [1.165, 1.54) is 0 Å². The first-order chi connectivity index (χ1) is 11.7. The van der Waals surface area contributed by atoms with Crippen molar-refractivity contribution in [2.45, 2.75) is 25.0 Å². The first-order valence-corrected chi connectivity index (χ1v) is 8.83. The Kier molecular flexibility index (Phi) is 4.02. The van der Waals surface area contributed by atoms with Crippen LogP contribution in [0.25, 0.3) is 0 Å². The van der Waals surface area contributed by atoms with Gasteiger partial charge in [0.2, 0.25) is 5.91 Å². The molecule has 5 nitrogen and oxygen atoms in total. The maximum absolute atomic E-state index is 13.0. The first-order valence-electron chi connectivity index (χ1n) is 8.04. The summed E-state index contributed by atoms with van der Waals surface area (Å²) in [7, 11) is 1.66. The highest BCUT2D eigenvalue weighted by molar-refractivity contribution is 9.10. The molecule has 1 aromatic carbocycles. The van der Waals surface area contributed by atoms with E-state index in [0.717, 1.165) is 35.2 Å². The number of carbonyl (C=O) groups is 1. The molecule has 1 aromatic heterocycles. The Labute approximate surface area is 149 Å². The number of ether oxygens (including phenoxy) is 1. The molecule has 0 N–H and O–H groups in total. The number of carbonyl (C=O) groups excluding carboxylic acids is 1. The van der Waals surface area contributed by atoms with Crippen molar-refractivity contribution in [2.75, 3.05) is 18.6 Å². The van der Waals surface area contributed by atoms with E-state index >= 15 is 0 Å². The van der Waals surface area contributed by atoms with Crippen molar-refractivity contribution in [1.82, 2.24) is 9.88 Å². The molecule has 6 heteroatoms. The maximum atomic E-state index is 13.0. The number of aromatic nitrogens is 1. The third-order valence-corrected chi connectivity index (χ3v) is 5.23. The number of pyridine rings is 1. The summed E-state index contributed by atoms with van der Waals surface area (Å²) in [6.45, 7) is 0.903. The van der Waals surface area contributed by atoms with E-state index in [-0.39, 0.29) is 18.1 Å². The molecule has 2 saturated heterocycles. The summed E-state index contributed by atoms with van der Waals surface area (Å²) in [6.07, 6.45) is 3.47. The van der Waals surface area contributed by atoms with Gasteiger partial charge in [-0.15, -0.1) is 0 Å². The number of anilines is 1.